The Balaban J connectivity index is 2.26. The molecule has 0 aromatic heterocycles. The van der Waals surface area contributed by atoms with Crippen molar-refractivity contribution in [3.63, 3.8) is 0 Å². The highest BCUT2D eigenvalue weighted by molar-refractivity contribution is 5.94. The fraction of sp³-hybridized carbons (Fsp3) is 0.235. The molecule has 110 valence electrons. The second-order valence-electron chi connectivity index (χ2n) is 5.06. The maximum Gasteiger partial charge on any atom is 0.248 e. The van der Waals surface area contributed by atoms with Gasteiger partial charge in [-0.05, 0) is 37.6 Å². The number of carbonyl (C=O) groups is 1. The van der Waals surface area contributed by atoms with Gasteiger partial charge >= 0.3 is 0 Å². The van der Waals surface area contributed by atoms with Crippen molar-refractivity contribution >= 4 is 11.6 Å². The molecule has 0 aliphatic heterocycles. The van der Waals surface area contributed by atoms with Crippen molar-refractivity contribution in [3.05, 3.63) is 59.2 Å². The molecule has 1 amide bonds. The third-order valence-corrected chi connectivity index (χ3v) is 3.43. The molecule has 0 aliphatic carbocycles. The molecular formula is C17H20N2O2. The molecule has 0 saturated carbocycles. The largest absolute Gasteiger partial charge is 0.495 e. The maximum atomic E-state index is 11.3. The lowest BCUT2D eigenvalue weighted by Gasteiger charge is -2.18. The zero-order chi connectivity index (χ0) is 15.4. The number of carbonyl (C=O) groups excluding carboxylic acids is 1. The van der Waals surface area contributed by atoms with Gasteiger partial charge in [-0.3, -0.25) is 4.79 Å². The van der Waals surface area contributed by atoms with E-state index in [1.165, 1.54) is 5.56 Å². The average Bonchev–Trinajstić information content (AvgIpc) is 2.47. The summed E-state index contributed by atoms with van der Waals surface area (Å²) < 4.78 is 5.32. The molecule has 1 atom stereocenters. The number of benzene rings is 2. The first-order chi connectivity index (χ1) is 10.0. The molecule has 4 heteroatoms. The van der Waals surface area contributed by atoms with Crippen LogP contribution in [0.5, 0.6) is 5.75 Å². The summed E-state index contributed by atoms with van der Waals surface area (Å²) in [5.74, 6) is 0.225. The standard InChI is InChI=1S/C17H20N2O2/c1-11-4-6-13(7-5-11)12(2)19-15-10-14(17(18)20)8-9-16(15)21-3/h4-10,12,19H,1-3H3,(H2,18,20). The predicted octanol–water partition coefficient (Wildman–Crippen LogP) is 3.28. The monoisotopic (exact) mass is 284 g/mol. The van der Waals surface area contributed by atoms with Crippen molar-refractivity contribution in [1.82, 2.24) is 0 Å². The molecule has 0 spiro atoms. The van der Waals surface area contributed by atoms with Crippen LogP contribution in [0, 0.1) is 6.92 Å². The van der Waals surface area contributed by atoms with E-state index >= 15 is 0 Å². The molecule has 0 bridgehead atoms. The van der Waals surface area contributed by atoms with Crippen molar-refractivity contribution in [2.24, 2.45) is 5.73 Å². The molecule has 0 fully saturated rings. The van der Waals surface area contributed by atoms with E-state index in [9.17, 15) is 4.79 Å². The second kappa shape index (κ2) is 6.31. The molecule has 2 rings (SSSR count). The number of anilines is 1. The van der Waals surface area contributed by atoms with Crippen molar-refractivity contribution in [3.8, 4) is 5.75 Å². The summed E-state index contributed by atoms with van der Waals surface area (Å²) in [5.41, 5.74) is 8.91. The van der Waals surface area contributed by atoms with Crippen LogP contribution < -0.4 is 15.8 Å². The van der Waals surface area contributed by atoms with Crippen LogP contribution in [0.3, 0.4) is 0 Å². The van der Waals surface area contributed by atoms with E-state index in [-0.39, 0.29) is 6.04 Å². The smallest absolute Gasteiger partial charge is 0.248 e. The Morgan fingerprint density at radius 2 is 1.86 bits per heavy atom. The molecule has 2 aromatic carbocycles. The quantitative estimate of drug-likeness (QED) is 0.885. The lowest BCUT2D eigenvalue weighted by Crippen LogP contribution is -2.13. The summed E-state index contributed by atoms with van der Waals surface area (Å²) in [4.78, 5) is 11.3. The van der Waals surface area contributed by atoms with Gasteiger partial charge in [0.1, 0.15) is 5.75 Å². The van der Waals surface area contributed by atoms with Gasteiger partial charge in [0.05, 0.1) is 12.8 Å². The van der Waals surface area contributed by atoms with Gasteiger partial charge in [0.25, 0.3) is 0 Å². The van der Waals surface area contributed by atoms with E-state index in [4.69, 9.17) is 10.5 Å². The fourth-order valence-electron chi connectivity index (χ4n) is 2.15. The van der Waals surface area contributed by atoms with Gasteiger partial charge in [-0.25, -0.2) is 0 Å². The zero-order valence-electron chi connectivity index (χ0n) is 12.5. The number of rotatable bonds is 5. The van der Waals surface area contributed by atoms with Crippen LogP contribution in [0.1, 0.15) is 34.5 Å². The molecule has 2 aromatic rings. The summed E-state index contributed by atoms with van der Waals surface area (Å²) in [7, 11) is 1.60. The predicted molar refractivity (Wildman–Crippen MR) is 84.7 cm³/mol. The number of amides is 1. The van der Waals surface area contributed by atoms with Crippen LogP contribution in [-0.2, 0) is 0 Å². The van der Waals surface area contributed by atoms with E-state index in [0.29, 0.717) is 11.3 Å². The van der Waals surface area contributed by atoms with Gasteiger partial charge in [0.2, 0.25) is 5.91 Å². The third kappa shape index (κ3) is 3.54. The number of nitrogens with one attached hydrogen (secondary N) is 1. The molecule has 0 saturated heterocycles. The van der Waals surface area contributed by atoms with Crippen molar-refractivity contribution < 1.29 is 9.53 Å². The first-order valence-electron chi connectivity index (χ1n) is 6.82. The first-order valence-corrected chi connectivity index (χ1v) is 6.82. The minimum atomic E-state index is -0.455. The number of ether oxygens (including phenoxy) is 1. The lowest BCUT2D eigenvalue weighted by atomic mass is 10.1. The number of hydrogen-bond donors (Lipinski definition) is 2. The molecule has 3 N–H and O–H groups in total. The third-order valence-electron chi connectivity index (χ3n) is 3.43. The van der Waals surface area contributed by atoms with Gasteiger partial charge in [-0.15, -0.1) is 0 Å². The Hall–Kier alpha value is -2.49. The zero-order valence-corrected chi connectivity index (χ0v) is 12.5. The molecule has 0 heterocycles. The van der Waals surface area contributed by atoms with Crippen molar-refractivity contribution in [1.29, 1.82) is 0 Å². The van der Waals surface area contributed by atoms with E-state index < -0.39 is 5.91 Å². The minimum Gasteiger partial charge on any atom is -0.495 e. The number of methoxy groups -OCH3 is 1. The molecular weight excluding hydrogens is 264 g/mol. The summed E-state index contributed by atoms with van der Waals surface area (Å²) >= 11 is 0. The van der Waals surface area contributed by atoms with Gasteiger partial charge in [-0.2, -0.15) is 0 Å². The molecule has 4 nitrogen and oxygen atoms in total. The van der Waals surface area contributed by atoms with E-state index in [0.717, 1.165) is 11.3 Å². The Morgan fingerprint density at radius 1 is 1.19 bits per heavy atom. The highest BCUT2D eigenvalue weighted by atomic mass is 16.5. The Bertz CT molecular complexity index is 636. The topological polar surface area (TPSA) is 64.3 Å². The Labute approximate surface area is 124 Å². The van der Waals surface area contributed by atoms with Crippen LogP contribution in [0.4, 0.5) is 5.69 Å². The van der Waals surface area contributed by atoms with Gasteiger partial charge < -0.3 is 15.8 Å². The minimum absolute atomic E-state index is 0.0858. The van der Waals surface area contributed by atoms with E-state index in [1.807, 2.05) is 0 Å². The summed E-state index contributed by atoms with van der Waals surface area (Å²) in [5, 5.41) is 3.36. The van der Waals surface area contributed by atoms with E-state index in [2.05, 4.69) is 43.4 Å². The normalized spacial score (nSPS) is 11.8. The summed E-state index contributed by atoms with van der Waals surface area (Å²) in [6, 6.07) is 13.5. The first kappa shape index (κ1) is 14.9. The van der Waals surface area contributed by atoms with Crippen LogP contribution in [0.2, 0.25) is 0 Å². The molecule has 21 heavy (non-hydrogen) atoms. The van der Waals surface area contributed by atoms with Crippen molar-refractivity contribution in [2.75, 3.05) is 12.4 Å². The van der Waals surface area contributed by atoms with Crippen LogP contribution in [0.15, 0.2) is 42.5 Å². The lowest BCUT2D eigenvalue weighted by molar-refractivity contribution is 0.100. The van der Waals surface area contributed by atoms with Crippen LogP contribution in [-0.4, -0.2) is 13.0 Å². The summed E-state index contributed by atoms with van der Waals surface area (Å²) in [6.45, 7) is 4.11. The highest BCUT2D eigenvalue weighted by Gasteiger charge is 2.11. The number of primary amides is 1. The van der Waals surface area contributed by atoms with E-state index in [1.54, 1.807) is 25.3 Å². The Morgan fingerprint density at radius 3 is 2.43 bits per heavy atom. The number of nitrogens with two attached hydrogens (primary N) is 1. The number of hydrogen-bond acceptors (Lipinski definition) is 3. The highest BCUT2D eigenvalue weighted by Crippen LogP contribution is 2.29. The second-order valence-corrected chi connectivity index (χ2v) is 5.06. The van der Waals surface area contributed by atoms with Crippen LogP contribution >= 0.6 is 0 Å². The molecule has 0 radical (unpaired) electrons. The maximum absolute atomic E-state index is 11.3. The molecule has 0 aliphatic rings. The van der Waals surface area contributed by atoms with Gasteiger partial charge in [0.15, 0.2) is 0 Å². The Kier molecular flexibility index (Phi) is 4.48. The fourth-order valence-corrected chi connectivity index (χ4v) is 2.15. The van der Waals surface area contributed by atoms with Gasteiger partial charge in [0, 0.05) is 11.6 Å². The van der Waals surface area contributed by atoms with Gasteiger partial charge in [-0.1, -0.05) is 29.8 Å². The molecule has 1 unspecified atom stereocenters. The SMILES string of the molecule is COc1ccc(C(N)=O)cc1NC(C)c1ccc(C)cc1. The number of aryl methyl sites for hydroxylation is 1. The average molecular weight is 284 g/mol. The van der Waals surface area contributed by atoms with Crippen LogP contribution in [0.25, 0.3) is 0 Å². The summed E-state index contributed by atoms with van der Waals surface area (Å²) in [6.07, 6.45) is 0. The van der Waals surface area contributed by atoms with Crippen molar-refractivity contribution in [2.45, 2.75) is 19.9 Å².